The van der Waals surface area contributed by atoms with Gasteiger partial charge in [-0.25, -0.2) is 37.3 Å². The molecule has 2 aromatic carbocycles. The summed E-state index contributed by atoms with van der Waals surface area (Å²) in [5.74, 6) is 0. The van der Waals surface area contributed by atoms with Crippen LogP contribution in [0.15, 0.2) is 121 Å². The number of hydrogen-bond donors (Lipinski definition) is 0. The van der Waals surface area contributed by atoms with Gasteiger partial charge in [-0.05, 0) is 36.4 Å². The van der Waals surface area contributed by atoms with Gasteiger partial charge < -0.3 is 0 Å². The van der Waals surface area contributed by atoms with E-state index in [1.165, 1.54) is 20.8 Å². The largest absolute Gasteiger partial charge is 3.00 e. The minimum Gasteiger partial charge on any atom is -0.286 e. The molecule has 54 heavy (non-hydrogen) atoms. The van der Waals surface area contributed by atoms with Crippen LogP contribution in [-0.4, -0.2) is 19.9 Å². The second-order valence-corrected chi connectivity index (χ2v) is 11.2. The molecule has 0 radical (unpaired) electrons. The van der Waals surface area contributed by atoms with Crippen LogP contribution in [0.25, 0.3) is 22.5 Å². The zero-order valence-electron chi connectivity index (χ0n) is 29.2. The third kappa shape index (κ3) is 28.6. The number of rotatable bonds is 8. The zero-order valence-corrected chi connectivity index (χ0v) is 31.7. The maximum absolute atomic E-state index is 8.49. The fourth-order valence-corrected chi connectivity index (χ4v) is 4.02. The van der Waals surface area contributed by atoms with E-state index < -0.39 is 20.5 Å². The van der Waals surface area contributed by atoms with Gasteiger partial charge in [0.1, 0.15) is 0 Å². The van der Waals surface area contributed by atoms with Crippen molar-refractivity contribution in [2.45, 2.75) is 40.4 Å². The fraction of sp³-hybridized carbons (Fsp3) is 0.167. The Morgan fingerprint density at radius 2 is 0.778 bits per heavy atom. The zero-order chi connectivity index (χ0) is 40.1. The molecule has 0 unspecified atom stereocenters. The van der Waals surface area contributed by atoms with Crippen molar-refractivity contribution in [3.8, 4) is 40.7 Å². The second-order valence-electron chi connectivity index (χ2n) is 9.65. The summed E-state index contributed by atoms with van der Waals surface area (Å²) < 4.78 is 67.9. The van der Waals surface area contributed by atoms with Gasteiger partial charge in [0.15, 0.2) is 0 Å². The molecule has 5 rings (SSSR count). The average Bonchev–Trinajstić information content (AvgIpc) is 3.09. The molecule has 5 aromatic rings. The van der Waals surface area contributed by atoms with Gasteiger partial charge in [-0.15, -0.1) is 20.5 Å². The molecule has 0 N–H and O–H groups in total. The van der Waals surface area contributed by atoms with Crippen LogP contribution in [0.3, 0.4) is 0 Å². The third-order valence-electron chi connectivity index (χ3n) is 5.64. The van der Waals surface area contributed by atoms with Gasteiger partial charge in [-0.2, -0.15) is 15.8 Å². The Balaban J connectivity index is 0. The van der Waals surface area contributed by atoms with Crippen LogP contribution < -0.4 is 37.3 Å². The van der Waals surface area contributed by atoms with E-state index in [4.69, 9.17) is 63.0 Å². The molecule has 3 aromatic heterocycles. The predicted molar refractivity (Wildman–Crippen MR) is 170 cm³/mol. The maximum atomic E-state index is 8.49. The molecule has 0 saturated carbocycles. The number of benzene rings is 2. The van der Waals surface area contributed by atoms with E-state index in [1.54, 1.807) is 18.2 Å². The van der Waals surface area contributed by atoms with Crippen molar-refractivity contribution in [1.29, 1.82) is 15.8 Å². The number of aromatic nitrogens is 3. The number of nitrogens with zero attached hydrogens (tertiary/aromatic N) is 7. The van der Waals surface area contributed by atoms with Crippen LogP contribution in [0.5, 0.6) is 0 Å². The first-order chi connectivity index (χ1) is 25.1. The SMILES string of the molecule is CC#N.CC#N.CC#N.[Co+3].[O-][Cl+3]([O-])([O-])[O-].[O-][Cl+3]([O-])([O-])[O-].c1ccc(-c2cccc(CN(Cc3ccccn3)Cc3cccc(-c4ccccc4)n3)n2)cc1. The summed E-state index contributed by atoms with van der Waals surface area (Å²) in [5, 5.41) is 22.0. The van der Waals surface area contributed by atoms with Crippen molar-refractivity contribution < 1.29 is 74.5 Å². The molecule has 0 fully saturated rings. The Hall–Kier alpha value is -4.91. The van der Waals surface area contributed by atoms with Crippen LogP contribution >= 0.6 is 0 Å². The molecule has 3 heterocycles. The van der Waals surface area contributed by atoms with E-state index in [1.807, 2.05) is 54.7 Å². The number of pyridine rings is 3. The molecule has 15 nitrogen and oxygen atoms in total. The predicted octanol–water partition coefficient (Wildman–Crippen LogP) is -1.52. The Bertz CT molecular complexity index is 1700. The standard InChI is InChI=1S/C30H26N4.3C2H3N.2ClHO4.Co/c1-3-11-24(12-4-1)29-18-9-16-27(32-29)22-34(21-26-15-7-8-20-31-26)23-28-17-10-19-30(33-28)25-13-5-2-6-14-25;3*1-2-3;2*2-1(3,4)5;/h1-20H,21-23H2;3*1H3;2*(H,2,3,4,5);/q;;;;;;+3/p-2. The summed E-state index contributed by atoms with van der Waals surface area (Å²) >= 11 is 0. The maximum Gasteiger partial charge on any atom is 3.00 e. The molecule has 284 valence electrons. The molecule has 0 aliphatic rings. The molecule has 0 amide bonds. The Labute approximate surface area is 328 Å². The van der Waals surface area contributed by atoms with Crippen molar-refractivity contribution in [3.63, 3.8) is 0 Å². The normalized spacial score (nSPS) is 9.57. The van der Waals surface area contributed by atoms with Gasteiger partial charge in [-0.3, -0.25) is 19.9 Å². The minimum absolute atomic E-state index is 0. The number of hydrogen-bond acceptors (Lipinski definition) is 15. The molecule has 18 heteroatoms. The minimum atomic E-state index is -4.94. The molecule has 0 aliphatic heterocycles. The van der Waals surface area contributed by atoms with E-state index in [0.29, 0.717) is 13.1 Å². The monoisotopic (exact) mass is 822 g/mol. The Morgan fingerprint density at radius 1 is 0.481 bits per heavy atom. The van der Waals surface area contributed by atoms with Crippen molar-refractivity contribution in [2.24, 2.45) is 0 Å². The molecule has 0 atom stereocenters. The first kappa shape index (κ1) is 51.2. The van der Waals surface area contributed by atoms with Crippen molar-refractivity contribution >= 4 is 0 Å². The molecule has 0 aliphatic carbocycles. The summed E-state index contributed by atoms with van der Waals surface area (Å²) in [6.07, 6.45) is 1.84. The second kappa shape index (κ2) is 29.5. The Morgan fingerprint density at radius 3 is 1.09 bits per heavy atom. The van der Waals surface area contributed by atoms with E-state index in [2.05, 4.69) is 76.6 Å². The first-order valence-electron chi connectivity index (χ1n) is 14.9. The fourth-order valence-electron chi connectivity index (χ4n) is 4.02. The van der Waals surface area contributed by atoms with Crippen molar-refractivity contribution in [2.75, 3.05) is 0 Å². The number of nitriles is 3. The van der Waals surface area contributed by atoms with Crippen LogP contribution in [0.1, 0.15) is 37.9 Å². The van der Waals surface area contributed by atoms with E-state index in [9.17, 15) is 0 Å². The molecular formula is C36H35Cl2CoN7O8+. The summed E-state index contributed by atoms with van der Waals surface area (Å²) in [7, 11) is -9.89. The quantitative estimate of drug-likeness (QED) is 0.172. The average molecular weight is 824 g/mol. The molecule has 0 saturated heterocycles. The summed E-state index contributed by atoms with van der Waals surface area (Å²) in [6, 6.07) is 44.4. The first-order valence-corrected chi connectivity index (χ1v) is 17.4. The molecule has 0 bridgehead atoms. The van der Waals surface area contributed by atoms with E-state index in [-0.39, 0.29) is 16.8 Å². The van der Waals surface area contributed by atoms with Gasteiger partial charge >= 0.3 is 16.8 Å². The van der Waals surface area contributed by atoms with Gasteiger partial charge in [0, 0.05) is 57.7 Å². The van der Waals surface area contributed by atoms with Crippen LogP contribution in [0.4, 0.5) is 0 Å². The summed E-state index contributed by atoms with van der Waals surface area (Å²) in [5.41, 5.74) is 7.30. The summed E-state index contributed by atoms with van der Waals surface area (Å²) in [6.45, 7) is 6.41. The van der Waals surface area contributed by atoms with Gasteiger partial charge in [0.25, 0.3) is 0 Å². The van der Waals surface area contributed by atoms with E-state index >= 15 is 0 Å². The van der Waals surface area contributed by atoms with Gasteiger partial charge in [0.05, 0.1) is 46.7 Å². The molecular weight excluding hydrogens is 788 g/mol. The van der Waals surface area contributed by atoms with Crippen molar-refractivity contribution in [3.05, 3.63) is 139 Å². The molecule has 0 spiro atoms. The van der Waals surface area contributed by atoms with E-state index in [0.717, 1.165) is 46.1 Å². The van der Waals surface area contributed by atoms with Crippen LogP contribution in [0.2, 0.25) is 0 Å². The third-order valence-corrected chi connectivity index (χ3v) is 5.64. The van der Waals surface area contributed by atoms with Gasteiger partial charge in [0.2, 0.25) is 0 Å². The summed E-state index contributed by atoms with van der Waals surface area (Å²) in [4.78, 5) is 16.8. The van der Waals surface area contributed by atoms with Crippen LogP contribution in [-0.2, 0) is 36.4 Å². The number of halogens is 2. The topological polar surface area (TPSA) is 298 Å². The smallest absolute Gasteiger partial charge is 0.286 e. The Kier molecular flexibility index (Phi) is 28.0. The van der Waals surface area contributed by atoms with Crippen molar-refractivity contribution in [1.82, 2.24) is 19.9 Å². The van der Waals surface area contributed by atoms with Gasteiger partial charge in [-0.1, -0.05) is 78.9 Å². The van der Waals surface area contributed by atoms with Crippen LogP contribution in [0, 0.1) is 54.5 Å².